The number of pyridine rings is 1. The van der Waals surface area contributed by atoms with Gasteiger partial charge in [0.05, 0.1) is 11.4 Å². The lowest BCUT2D eigenvalue weighted by Crippen LogP contribution is -2.20. The lowest BCUT2D eigenvalue weighted by atomic mass is 10.2. The Morgan fingerprint density at radius 2 is 2.27 bits per heavy atom. The Hall–Kier alpha value is -0.930. The quantitative estimate of drug-likeness (QED) is 0.810. The maximum Gasteiger partial charge on any atom is 0.0547 e. The van der Waals surface area contributed by atoms with Gasteiger partial charge >= 0.3 is 0 Å². The molecular weight excluding hydrogens is 186 g/mol. The summed E-state index contributed by atoms with van der Waals surface area (Å²) >= 11 is 0. The zero-order chi connectivity index (χ0) is 10.7. The first kappa shape index (κ1) is 10.6. The summed E-state index contributed by atoms with van der Waals surface area (Å²) in [6.45, 7) is 6.22. The van der Waals surface area contributed by atoms with E-state index in [0.29, 0.717) is 6.54 Å². The molecule has 1 unspecified atom stereocenters. The molecule has 0 radical (unpaired) electrons. The zero-order valence-electron chi connectivity index (χ0n) is 9.32. The third-order valence-corrected chi connectivity index (χ3v) is 2.97. The van der Waals surface area contributed by atoms with Gasteiger partial charge < -0.3 is 5.73 Å². The van der Waals surface area contributed by atoms with Crippen LogP contribution >= 0.6 is 0 Å². The second-order valence-corrected chi connectivity index (χ2v) is 4.45. The van der Waals surface area contributed by atoms with Gasteiger partial charge in [0.25, 0.3) is 0 Å². The maximum atomic E-state index is 5.57. The van der Waals surface area contributed by atoms with Crippen molar-refractivity contribution in [2.45, 2.75) is 26.4 Å². The molecule has 3 heteroatoms. The largest absolute Gasteiger partial charge is 0.325 e. The minimum absolute atomic E-state index is 0.532. The Morgan fingerprint density at radius 1 is 1.47 bits per heavy atom. The molecule has 2 heterocycles. The number of nitrogens with two attached hydrogens (primary N) is 1. The van der Waals surface area contributed by atoms with Crippen molar-refractivity contribution in [1.29, 1.82) is 0 Å². The molecule has 0 spiro atoms. The second kappa shape index (κ2) is 4.73. The van der Waals surface area contributed by atoms with E-state index in [9.17, 15) is 0 Å². The van der Waals surface area contributed by atoms with Gasteiger partial charge in [-0.1, -0.05) is 13.0 Å². The SMILES string of the molecule is CC1CCN(Cc2cccc(CN)n2)C1. The summed E-state index contributed by atoms with van der Waals surface area (Å²) in [4.78, 5) is 6.98. The van der Waals surface area contributed by atoms with Crippen LogP contribution < -0.4 is 5.73 Å². The second-order valence-electron chi connectivity index (χ2n) is 4.45. The van der Waals surface area contributed by atoms with Gasteiger partial charge in [0.1, 0.15) is 0 Å². The van der Waals surface area contributed by atoms with E-state index < -0.39 is 0 Å². The van der Waals surface area contributed by atoms with Gasteiger partial charge in [-0.05, 0) is 31.0 Å². The van der Waals surface area contributed by atoms with Crippen LogP contribution in [0.3, 0.4) is 0 Å². The van der Waals surface area contributed by atoms with Crippen molar-refractivity contribution in [1.82, 2.24) is 9.88 Å². The Balaban J connectivity index is 1.98. The average molecular weight is 205 g/mol. The normalized spacial score (nSPS) is 22.1. The minimum Gasteiger partial charge on any atom is -0.325 e. The van der Waals surface area contributed by atoms with Crippen molar-refractivity contribution < 1.29 is 0 Å². The van der Waals surface area contributed by atoms with Crippen molar-refractivity contribution in [3.05, 3.63) is 29.6 Å². The molecule has 82 valence electrons. The molecule has 1 fully saturated rings. The molecule has 3 nitrogen and oxygen atoms in total. The summed E-state index contributed by atoms with van der Waals surface area (Å²) in [5.74, 6) is 0.836. The van der Waals surface area contributed by atoms with Crippen LogP contribution in [0.2, 0.25) is 0 Å². The third-order valence-electron chi connectivity index (χ3n) is 2.97. The van der Waals surface area contributed by atoms with Crippen LogP contribution in [-0.2, 0) is 13.1 Å². The van der Waals surface area contributed by atoms with Crippen LogP contribution in [0.25, 0.3) is 0 Å². The molecule has 1 atom stereocenters. The predicted octanol–water partition coefficient (Wildman–Crippen LogP) is 1.38. The fourth-order valence-corrected chi connectivity index (χ4v) is 2.13. The first-order chi connectivity index (χ1) is 7.28. The highest BCUT2D eigenvalue weighted by Gasteiger charge is 2.18. The highest BCUT2D eigenvalue weighted by molar-refractivity contribution is 5.11. The van der Waals surface area contributed by atoms with Gasteiger partial charge in [0, 0.05) is 19.6 Å². The molecule has 0 saturated carbocycles. The minimum atomic E-state index is 0.532. The predicted molar refractivity (Wildman–Crippen MR) is 61.2 cm³/mol. The summed E-state index contributed by atoms with van der Waals surface area (Å²) < 4.78 is 0. The van der Waals surface area contributed by atoms with Crippen LogP contribution in [-0.4, -0.2) is 23.0 Å². The first-order valence-corrected chi connectivity index (χ1v) is 5.65. The first-order valence-electron chi connectivity index (χ1n) is 5.65. The Labute approximate surface area is 91.3 Å². The van der Waals surface area contributed by atoms with Crippen LogP contribution in [0.5, 0.6) is 0 Å². The highest BCUT2D eigenvalue weighted by Crippen LogP contribution is 2.17. The number of nitrogens with zero attached hydrogens (tertiary/aromatic N) is 2. The van der Waals surface area contributed by atoms with E-state index >= 15 is 0 Å². The van der Waals surface area contributed by atoms with Gasteiger partial charge in [-0.25, -0.2) is 0 Å². The molecule has 0 bridgehead atoms. The van der Waals surface area contributed by atoms with Crippen molar-refractivity contribution in [2.75, 3.05) is 13.1 Å². The molecule has 2 rings (SSSR count). The van der Waals surface area contributed by atoms with Crippen molar-refractivity contribution >= 4 is 0 Å². The fraction of sp³-hybridized carbons (Fsp3) is 0.583. The monoisotopic (exact) mass is 205 g/mol. The lowest BCUT2D eigenvalue weighted by molar-refractivity contribution is 0.316. The van der Waals surface area contributed by atoms with Crippen LogP contribution in [0.15, 0.2) is 18.2 Å². The Morgan fingerprint density at radius 3 is 2.93 bits per heavy atom. The van der Waals surface area contributed by atoms with Gasteiger partial charge in [-0.15, -0.1) is 0 Å². The molecule has 0 aromatic carbocycles. The number of rotatable bonds is 3. The smallest absolute Gasteiger partial charge is 0.0547 e. The van der Waals surface area contributed by atoms with E-state index in [4.69, 9.17) is 5.73 Å². The number of likely N-dealkylation sites (tertiary alicyclic amines) is 1. The topological polar surface area (TPSA) is 42.1 Å². The number of hydrogen-bond donors (Lipinski definition) is 1. The molecule has 1 aliphatic rings. The molecule has 1 aromatic rings. The highest BCUT2D eigenvalue weighted by atomic mass is 15.1. The maximum absolute atomic E-state index is 5.57. The summed E-state index contributed by atoms with van der Waals surface area (Å²) in [6.07, 6.45) is 1.32. The number of hydrogen-bond acceptors (Lipinski definition) is 3. The van der Waals surface area contributed by atoms with E-state index in [1.165, 1.54) is 19.5 Å². The van der Waals surface area contributed by atoms with Gasteiger partial charge in [-0.2, -0.15) is 0 Å². The third kappa shape index (κ3) is 2.76. The van der Waals surface area contributed by atoms with Crippen LogP contribution in [0.4, 0.5) is 0 Å². The van der Waals surface area contributed by atoms with Gasteiger partial charge in [-0.3, -0.25) is 9.88 Å². The standard InChI is InChI=1S/C12H19N3/c1-10-5-6-15(8-10)9-12-4-2-3-11(7-13)14-12/h2-4,10H,5-9,13H2,1H3. The van der Waals surface area contributed by atoms with Gasteiger partial charge in [0.2, 0.25) is 0 Å². The molecule has 2 N–H and O–H groups in total. The molecule has 1 aliphatic heterocycles. The summed E-state index contributed by atoms with van der Waals surface area (Å²) in [5, 5.41) is 0. The molecule has 1 aromatic heterocycles. The fourth-order valence-electron chi connectivity index (χ4n) is 2.13. The van der Waals surface area contributed by atoms with Crippen LogP contribution in [0, 0.1) is 5.92 Å². The summed E-state index contributed by atoms with van der Waals surface area (Å²) in [7, 11) is 0. The Kier molecular flexibility index (Phi) is 3.34. The molecule has 15 heavy (non-hydrogen) atoms. The van der Waals surface area contributed by atoms with E-state index in [0.717, 1.165) is 23.9 Å². The Bertz CT molecular complexity index is 324. The molecular formula is C12H19N3. The van der Waals surface area contributed by atoms with Gasteiger partial charge in [0.15, 0.2) is 0 Å². The molecule has 1 saturated heterocycles. The van der Waals surface area contributed by atoms with Crippen molar-refractivity contribution in [2.24, 2.45) is 11.7 Å². The van der Waals surface area contributed by atoms with E-state index in [1.807, 2.05) is 12.1 Å². The van der Waals surface area contributed by atoms with Crippen LogP contribution in [0.1, 0.15) is 24.7 Å². The molecule has 0 aliphatic carbocycles. The van der Waals surface area contributed by atoms with Crippen molar-refractivity contribution in [3.8, 4) is 0 Å². The summed E-state index contributed by atoms with van der Waals surface area (Å²) in [5.41, 5.74) is 7.70. The van der Waals surface area contributed by atoms with E-state index in [1.54, 1.807) is 0 Å². The average Bonchev–Trinajstić information content (AvgIpc) is 2.64. The lowest BCUT2D eigenvalue weighted by Gasteiger charge is -2.14. The zero-order valence-corrected chi connectivity index (χ0v) is 9.32. The summed E-state index contributed by atoms with van der Waals surface area (Å²) in [6, 6.07) is 6.11. The van der Waals surface area contributed by atoms with E-state index in [2.05, 4.69) is 22.9 Å². The number of aromatic nitrogens is 1. The molecule has 0 amide bonds. The van der Waals surface area contributed by atoms with Crippen molar-refractivity contribution in [3.63, 3.8) is 0 Å². The van der Waals surface area contributed by atoms with E-state index in [-0.39, 0.29) is 0 Å².